The number of esters is 1. The third-order valence-electron chi connectivity index (χ3n) is 3.07. The molecule has 128 valence electrons. The van der Waals surface area contributed by atoms with Crippen LogP contribution in [0.2, 0.25) is 0 Å². The number of carbonyl (C=O) groups is 2. The number of ether oxygens (including phenoxy) is 2. The molecule has 0 bridgehead atoms. The van der Waals surface area contributed by atoms with Gasteiger partial charge in [0.1, 0.15) is 11.4 Å². The minimum absolute atomic E-state index is 0.397. The number of anilines is 1. The van der Waals surface area contributed by atoms with Crippen LogP contribution in [0.5, 0.6) is 5.75 Å². The number of amides is 1. The highest BCUT2D eigenvalue weighted by atomic mass is 16.6. The minimum atomic E-state index is -0.562. The standard InChI is InChI=1S/C18H22N2O4/c1-5-13-10-12(11-19-13)16(21)23-15-8-6-14(7-9-15)20-17(22)24-18(2,3)4/h6-11,19H,5H2,1-4H3,(H,20,22). The van der Waals surface area contributed by atoms with Crippen LogP contribution in [0.4, 0.5) is 10.5 Å². The summed E-state index contributed by atoms with van der Waals surface area (Å²) < 4.78 is 10.5. The van der Waals surface area contributed by atoms with Crippen molar-refractivity contribution in [2.75, 3.05) is 5.32 Å². The van der Waals surface area contributed by atoms with Crippen LogP contribution in [0.25, 0.3) is 0 Å². The van der Waals surface area contributed by atoms with Crippen LogP contribution in [0, 0.1) is 0 Å². The summed E-state index contributed by atoms with van der Waals surface area (Å²) in [5.41, 5.74) is 1.44. The van der Waals surface area contributed by atoms with E-state index in [2.05, 4.69) is 10.3 Å². The number of H-pyrrole nitrogens is 1. The first-order chi connectivity index (χ1) is 11.3. The van der Waals surface area contributed by atoms with E-state index in [-0.39, 0.29) is 0 Å². The van der Waals surface area contributed by atoms with E-state index >= 15 is 0 Å². The molecule has 1 aromatic carbocycles. The Labute approximate surface area is 141 Å². The average molecular weight is 330 g/mol. The zero-order valence-electron chi connectivity index (χ0n) is 14.3. The first-order valence-corrected chi connectivity index (χ1v) is 7.76. The maximum atomic E-state index is 12.0. The van der Waals surface area contributed by atoms with Crippen LogP contribution in [0.3, 0.4) is 0 Å². The van der Waals surface area contributed by atoms with Gasteiger partial charge >= 0.3 is 12.1 Å². The van der Waals surface area contributed by atoms with Gasteiger partial charge in [0, 0.05) is 17.6 Å². The molecule has 0 aliphatic heterocycles. The number of benzene rings is 1. The topological polar surface area (TPSA) is 80.4 Å². The van der Waals surface area contributed by atoms with E-state index in [1.165, 1.54) is 0 Å². The minimum Gasteiger partial charge on any atom is -0.444 e. The predicted octanol–water partition coefficient (Wildman–Crippen LogP) is 4.14. The van der Waals surface area contributed by atoms with Gasteiger partial charge in [-0.1, -0.05) is 6.92 Å². The van der Waals surface area contributed by atoms with Crippen molar-refractivity contribution in [3.05, 3.63) is 47.8 Å². The third-order valence-corrected chi connectivity index (χ3v) is 3.07. The highest BCUT2D eigenvalue weighted by Crippen LogP contribution is 2.18. The number of hydrogen-bond acceptors (Lipinski definition) is 4. The van der Waals surface area contributed by atoms with Gasteiger partial charge in [-0.25, -0.2) is 9.59 Å². The van der Waals surface area contributed by atoms with Crippen LogP contribution in [-0.4, -0.2) is 22.6 Å². The fourth-order valence-corrected chi connectivity index (χ4v) is 1.96. The van der Waals surface area contributed by atoms with Crippen LogP contribution < -0.4 is 10.1 Å². The van der Waals surface area contributed by atoms with Crippen molar-refractivity contribution in [1.29, 1.82) is 0 Å². The second kappa shape index (κ2) is 7.21. The van der Waals surface area contributed by atoms with Crippen LogP contribution in [0.1, 0.15) is 43.7 Å². The maximum Gasteiger partial charge on any atom is 0.412 e. The van der Waals surface area contributed by atoms with Gasteiger partial charge in [0.05, 0.1) is 5.56 Å². The Bertz CT molecular complexity index is 711. The number of carbonyl (C=O) groups excluding carboxylic acids is 2. The molecule has 2 N–H and O–H groups in total. The number of nitrogens with one attached hydrogen (secondary N) is 2. The molecule has 1 amide bonds. The monoisotopic (exact) mass is 330 g/mol. The third kappa shape index (κ3) is 5.15. The molecule has 6 nitrogen and oxygen atoms in total. The second-order valence-corrected chi connectivity index (χ2v) is 6.31. The van der Waals surface area contributed by atoms with Gasteiger partial charge in [-0.2, -0.15) is 0 Å². The summed E-state index contributed by atoms with van der Waals surface area (Å²) in [5.74, 6) is -0.0345. The summed E-state index contributed by atoms with van der Waals surface area (Å²) in [5, 5.41) is 2.61. The quantitative estimate of drug-likeness (QED) is 0.652. The molecule has 0 aliphatic rings. The normalized spacial score (nSPS) is 11.0. The summed E-state index contributed by atoms with van der Waals surface area (Å²) in [4.78, 5) is 26.7. The van der Waals surface area contributed by atoms with Gasteiger partial charge < -0.3 is 14.5 Å². The van der Waals surface area contributed by atoms with E-state index in [0.29, 0.717) is 17.0 Å². The highest BCUT2D eigenvalue weighted by molar-refractivity contribution is 5.91. The SMILES string of the molecule is CCc1cc(C(=O)Oc2ccc(NC(=O)OC(C)(C)C)cc2)c[nH]1. The number of aryl methyl sites for hydroxylation is 1. The Kier molecular flexibility index (Phi) is 5.28. The van der Waals surface area contributed by atoms with Gasteiger partial charge in [0.25, 0.3) is 0 Å². The maximum absolute atomic E-state index is 12.0. The molecule has 0 radical (unpaired) electrons. The molecule has 2 rings (SSSR count). The number of aromatic amines is 1. The molecular formula is C18H22N2O4. The molecule has 1 heterocycles. The Morgan fingerprint density at radius 3 is 2.38 bits per heavy atom. The van der Waals surface area contributed by atoms with Gasteiger partial charge in [-0.05, 0) is 57.5 Å². The highest BCUT2D eigenvalue weighted by Gasteiger charge is 2.16. The first kappa shape index (κ1) is 17.6. The van der Waals surface area contributed by atoms with Crippen LogP contribution in [-0.2, 0) is 11.2 Å². The molecule has 6 heteroatoms. The van der Waals surface area contributed by atoms with Crippen LogP contribution >= 0.6 is 0 Å². The van der Waals surface area contributed by atoms with E-state index in [1.54, 1.807) is 57.3 Å². The van der Waals surface area contributed by atoms with Crippen molar-refractivity contribution in [2.45, 2.75) is 39.7 Å². The molecule has 0 aliphatic carbocycles. The number of rotatable bonds is 4. The van der Waals surface area contributed by atoms with Crippen molar-refractivity contribution < 1.29 is 19.1 Å². The second-order valence-electron chi connectivity index (χ2n) is 6.31. The molecule has 0 saturated heterocycles. The van der Waals surface area contributed by atoms with E-state index in [0.717, 1.165) is 12.1 Å². The van der Waals surface area contributed by atoms with Gasteiger partial charge in [-0.15, -0.1) is 0 Å². The summed E-state index contributed by atoms with van der Waals surface area (Å²) >= 11 is 0. The lowest BCUT2D eigenvalue weighted by atomic mass is 10.2. The predicted molar refractivity (Wildman–Crippen MR) is 91.4 cm³/mol. The van der Waals surface area contributed by atoms with E-state index in [9.17, 15) is 9.59 Å². The molecule has 0 unspecified atom stereocenters. The zero-order valence-corrected chi connectivity index (χ0v) is 14.3. The van der Waals surface area contributed by atoms with Gasteiger partial charge in [-0.3, -0.25) is 5.32 Å². The molecule has 2 aromatic rings. The molecule has 24 heavy (non-hydrogen) atoms. The fraction of sp³-hybridized carbons (Fsp3) is 0.333. The Balaban J connectivity index is 1.94. The largest absolute Gasteiger partial charge is 0.444 e. The first-order valence-electron chi connectivity index (χ1n) is 7.76. The van der Waals surface area contributed by atoms with Gasteiger partial charge in [0.15, 0.2) is 0 Å². The molecular weight excluding hydrogens is 308 g/mol. The van der Waals surface area contributed by atoms with Gasteiger partial charge in [0.2, 0.25) is 0 Å². The zero-order chi connectivity index (χ0) is 17.7. The average Bonchev–Trinajstić information content (AvgIpc) is 2.96. The molecule has 0 saturated carbocycles. The van der Waals surface area contributed by atoms with E-state index in [4.69, 9.17) is 9.47 Å². The van der Waals surface area contributed by atoms with E-state index < -0.39 is 17.7 Å². The smallest absolute Gasteiger partial charge is 0.412 e. The lowest BCUT2D eigenvalue weighted by Gasteiger charge is -2.19. The summed E-state index contributed by atoms with van der Waals surface area (Å²) in [6.07, 6.45) is 1.91. The summed E-state index contributed by atoms with van der Waals surface area (Å²) in [7, 11) is 0. The molecule has 0 atom stereocenters. The van der Waals surface area contributed by atoms with Crippen molar-refractivity contribution in [3.63, 3.8) is 0 Å². The van der Waals surface area contributed by atoms with Crippen molar-refractivity contribution in [2.24, 2.45) is 0 Å². The number of aromatic nitrogens is 1. The van der Waals surface area contributed by atoms with Crippen molar-refractivity contribution in [1.82, 2.24) is 4.98 Å². The molecule has 0 fully saturated rings. The Hall–Kier alpha value is -2.76. The Morgan fingerprint density at radius 1 is 1.17 bits per heavy atom. The molecule has 0 spiro atoms. The number of hydrogen-bond donors (Lipinski definition) is 2. The van der Waals surface area contributed by atoms with Crippen molar-refractivity contribution in [3.8, 4) is 5.75 Å². The summed E-state index contributed by atoms with van der Waals surface area (Å²) in [6, 6.07) is 8.26. The van der Waals surface area contributed by atoms with Crippen LogP contribution in [0.15, 0.2) is 36.5 Å². The summed E-state index contributed by atoms with van der Waals surface area (Å²) in [6.45, 7) is 7.37. The van der Waals surface area contributed by atoms with Crippen molar-refractivity contribution >= 4 is 17.7 Å². The molecule has 1 aromatic heterocycles. The van der Waals surface area contributed by atoms with E-state index in [1.807, 2.05) is 6.92 Å². The lowest BCUT2D eigenvalue weighted by Crippen LogP contribution is -2.27. The Morgan fingerprint density at radius 2 is 1.83 bits per heavy atom. The lowest BCUT2D eigenvalue weighted by molar-refractivity contribution is 0.0634. The fourth-order valence-electron chi connectivity index (χ4n) is 1.96.